The van der Waals surface area contributed by atoms with Gasteiger partial charge in [0.25, 0.3) is 0 Å². The second kappa shape index (κ2) is 46.4. The first-order valence-corrected chi connectivity index (χ1v) is 26.3. The SMILES string of the molecule is CC/C=C\C/C=C\C/C=C\C/C=C\C/C=C\CCCC(=O)OC(COC(=O)CCCCCCCCCCC)COP(=O)(O)OCC(CO)OC(=O)CCCCCCC/C=C\CCCC. The quantitative estimate of drug-likeness (QED) is 0.0197. The highest BCUT2D eigenvalue weighted by Crippen LogP contribution is 2.43. The molecule has 368 valence electrons. The second-order valence-corrected chi connectivity index (χ2v) is 17.7. The summed E-state index contributed by atoms with van der Waals surface area (Å²) in [6.07, 6.45) is 48.9. The number of rotatable bonds is 45. The standard InChI is InChI=1S/C52H89O11P/c1-4-7-10-13-16-19-21-22-23-24-25-26-28-31-34-37-40-43-52(56)63-49(45-59-50(54)41-38-35-32-29-18-15-12-9-6-3)47-61-64(57,58)60-46-48(44-53)62-51(55)42-39-36-33-30-27-20-17-14-11-8-5-2/h7,10,14,16-17,19,22-23,25-26,31,34,48-49,53H,4-6,8-9,11-13,15,18,20-21,24,27-30,32-33,35-47H2,1-3H3,(H,57,58)/b10-7-,17-14-,19-16-,23-22-,26-25-,34-31-. The summed E-state index contributed by atoms with van der Waals surface area (Å²) in [7, 11) is -4.75. The third-order valence-electron chi connectivity index (χ3n) is 10.1. The largest absolute Gasteiger partial charge is 0.472 e. The lowest BCUT2D eigenvalue weighted by Gasteiger charge is -2.21. The summed E-state index contributed by atoms with van der Waals surface area (Å²) < 4.78 is 39.1. The number of hydrogen-bond donors (Lipinski definition) is 2. The Morgan fingerprint density at radius 3 is 1.38 bits per heavy atom. The van der Waals surface area contributed by atoms with E-state index in [9.17, 15) is 28.9 Å². The van der Waals surface area contributed by atoms with E-state index in [1.165, 1.54) is 44.9 Å². The van der Waals surface area contributed by atoms with Gasteiger partial charge in [-0.15, -0.1) is 0 Å². The van der Waals surface area contributed by atoms with Gasteiger partial charge in [-0.1, -0.05) is 177 Å². The molecule has 0 amide bonds. The van der Waals surface area contributed by atoms with Crippen LogP contribution >= 0.6 is 7.82 Å². The first-order valence-electron chi connectivity index (χ1n) is 24.8. The van der Waals surface area contributed by atoms with Crippen LogP contribution in [-0.2, 0) is 42.2 Å². The van der Waals surface area contributed by atoms with Crippen LogP contribution in [0.3, 0.4) is 0 Å². The smallest absolute Gasteiger partial charge is 0.462 e. The number of allylic oxidation sites excluding steroid dienone is 12. The zero-order valence-corrected chi connectivity index (χ0v) is 41.1. The number of ether oxygens (including phenoxy) is 3. The molecular formula is C52H89O11P. The van der Waals surface area contributed by atoms with Crippen molar-refractivity contribution >= 4 is 25.7 Å². The van der Waals surface area contributed by atoms with Crippen molar-refractivity contribution in [3.8, 4) is 0 Å². The van der Waals surface area contributed by atoms with Crippen molar-refractivity contribution in [3.63, 3.8) is 0 Å². The average Bonchev–Trinajstić information content (AvgIpc) is 3.28. The maximum absolute atomic E-state index is 12.8. The monoisotopic (exact) mass is 921 g/mol. The Morgan fingerprint density at radius 2 is 0.844 bits per heavy atom. The van der Waals surface area contributed by atoms with Crippen molar-refractivity contribution in [2.75, 3.05) is 26.4 Å². The molecule has 3 atom stereocenters. The van der Waals surface area contributed by atoms with Crippen molar-refractivity contribution in [2.24, 2.45) is 0 Å². The molecule has 0 rings (SSSR count). The highest BCUT2D eigenvalue weighted by Gasteiger charge is 2.28. The number of hydrogen-bond acceptors (Lipinski definition) is 10. The number of unbranched alkanes of at least 4 members (excludes halogenated alkanes) is 16. The van der Waals surface area contributed by atoms with Crippen LogP contribution in [0.15, 0.2) is 72.9 Å². The van der Waals surface area contributed by atoms with Crippen molar-refractivity contribution < 1.29 is 52.2 Å². The van der Waals surface area contributed by atoms with Crippen molar-refractivity contribution in [1.29, 1.82) is 0 Å². The molecule has 0 spiro atoms. The maximum atomic E-state index is 12.8. The highest BCUT2D eigenvalue weighted by atomic mass is 31.2. The molecule has 0 fully saturated rings. The predicted molar refractivity (Wildman–Crippen MR) is 261 cm³/mol. The number of carbonyl (C=O) groups is 3. The first kappa shape index (κ1) is 60.9. The van der Waals surface area contributed by atoms with Crippen LogP contribution < -0.4 is 0 Å². The Morgan fingerprint density at radius 1 is 0.453 bits per heavy atom. The van der Waals surface area contributed by atoms with Gasteiger partial charge >= 0.3 is 25.7 Å². The Bertz CT molecular complexity index is 1350. The minimum absolute atomic E-state index is 0.0881. The Labute approximate surface area is 388 Å². The van der Waals surface area contributed by atoms with Crippen LogP contribution in [0, 0.1) is 0 Å². The molecule has 0 aromatic carbocycles. The van der Waals surface area contributed by atoms with Crippen molar-refractivity contribution in [2.45, 2.75) is 213 Å². The lowest BCUT2D eigenvalue weighted by atomic mass is 10.1. The summed E-state index contributed by atoms with van der Waals surface area (Å²) in [5.74, 6) is -1.55. The van der Waals surface area contributed by atoms with Gasteiger partial charge in [-0.05, 0) is 77.0 Å². The fraction of sp³-hybridized carbons (Fsp3) is 0.712. The van der Waals surface area contributed by atoms with E-state index < -0.39 is 57.8 Å². The summed E-state index contributed by atoms with van der Waals surface area (Å²) >= 11 is 0. The summed E-state index contributed by atoms with van der Waals surface area (Å²) in [6.45, 7) is 4.36. The first-order chi connectivity index (χ1) is 31.2. The molecule has 0 aliphatic heterocycles. The molecule has 2 N–H and O–H groups in total. The molecule has 0 saturated carbocycles. The summed E-state index contributed by atoms with van der Waals surface area (Å²) in [5.41, 5.74) is 0. The molecule has 3 unspecified atom stereocenters. The lowest BCUT2D eigenvalue weighted by molar-refractivity contribution is -0.161. The number of esters is 3. The molecule has 64 heavy (non-hydrogen) atoms. The van der Waals surface area contributed by atoms with Gasteiger partial charge in [0, 0.05) is 19.3 Å². The van der Waals surface area contributed by atoms with E-state index in [0.717, 1.165) is 89.9 Å². The van der Waals surface area contributed by atoms with E-state index in [4.69, 9.17) is 23.3 Å². The fourth-order valence-corrected chi connectivity index (χ4v) is 7.10. The highest BCUT2D eigenvalue weighted by molar-refractivity contribution is 7.47. The van der Waals surface area contributed by atoms with Crippen LogP contribution in [0.2, 0.25) is 0 Å². The van der Waals surface area contributed by atoms with Crippen LogP contribution in [0.5, 0.6) is 0 Å². The third-order valence-corrected chi connectivity index (χ3v) is 11.1. The molecule has 0 aromatic heterocycles. The van der Waals surface area contributed by atoms with Crippen molar-refractivity contribution in [1.82, 2.24) is 0 Å². The Hall–Kier alpha value is -3.08. The van der Waals surface area contributed by atoms with E-state index in [0.29, 0.717) is 25.7 Å². The van der Waals surface area contributed by atoms with Gasteiger partial charge in [-0.2, -0.15) is 0 Å². The van der Waals surface area contributed by atoms with Crippen LogP contribution in [0.4, 0.5) is 0 Å². The van der Waals surface area contributed by atoms with E-state index >= 15 is 0 Å². The molecule has 0 aliphatic rings. The van der Waals surface area contributed by atoms with Gasteiger partial charge in [-0.3, -0.25) is 23.4 Å². The molecule has 0 bridgehead atoms. The van der Waals surface area contributed by atoms with E-state index in [1.807, 2.05) is 12.2 Å². The van der Waals surface area contributed by atoms with Crippen LogP contribution in [0.25, 0.3) is 0 Å². The maximum Gasteiger partial charge on any atom is 0.472 e. The van der Waals surface area contributed by atoms with Gasteiger partial charge in [0.15, 0.2) is 6.10 Å². The molecule has 12 heteroatoms. The molecule has 11 nitrogen and oxygen atoms in total. The number of aliphatic hydroxyl groups excluding tert-OH is 1. The third kappa shape index (κ3) is 44.1. The van der Waals surface area contributed by atoms with E-state index in [1.54, 1.807) is 0 Å². The Kier molecular flexibility index (Phi) is 44.2. The molecule has 0 aliphatic carbocycles. The van der Waals surface area contributed by atoms with Gasteiger partial charge in [0.1, 0.15) is 12.7 Å². The molecule has 0 heterocycles. The molecule has 0 aromatic rings. The second-order valence-electron chi connectivity index (χ2n) is 16.2. The van der Waals surface area contributed by atoms with Gasteiger partial charge in [-0.25, -0.2) is 4.57 Å². The number of phosphoric ester groups is 1. The average molecular weight is 921 g/mol. The number of phosphoric acid groups is 1. The minimum Gasteiger partial charge on any atom is -0.462 e. The Balaban J connectivity index is 4.82. The number of aliphatic hydroxyl groups is 1. The van der Waals surface area contributed by atoms with Gasteiger partial charge < -0.3 is 24.2 Å². The summed E-state index contributed by atoms with van der Waals surface area (Å²) in [5, 5.41) is 9.74. The minimum atomic E-state index is -4.75. The van der Waals surface area contributed by atoms with E-state index in [-0.39, 0.29) is 25.9 Å². The van der Waals surface area contributed by atoms with Crippen molar-refractivity contribution in [3.05, 3.63) is 72.9 Å². The number of carbonyl (C=O) groups excluding carboxylic acids is 3. The molecule has 0 saturated heterocycles. The summed E-state index contributed by atoms with van der Waals surface area (Å²) in [4.78, 5) is 48.1. The zero-order valence-electron chi connectivity index (χ0n) is 40.2. The molecule has 0 radical (unpaired) electrons. The van der Waals surface area contributed by atoms with Gasteiger partial charge in [0.2, 0.25) is 0 Å². The normalized spacial score (nSPS) is 14.1. The zero-order chi connectivity index (χ0) is 47.0. The lowest BCUT2D eigenvalue weighted by Crippen LogP contribution is -2.30. The summed E-state index contributed by atoms with van der Waals surface area (Å²) in [6, 6.07) is 0. The van der Waals surface area contributed by atoms with Crippen LogP contribution in [0.1, 0.15) is 201 Å². The predicted octanol–water partition coefficient (Wildman–Crippen LogP) is 13.8. The topological polar surface area (TPSA) is 155 Å². The fourth-order valence-electron chi connectivity index (χ4n) is 6.31. The molecular weight excluding hydrogens is 832 g/mol. The van der Waals surface area contributed by atoms with Crippen LogP contribution in [-0.4, -0.2) is 66.5 Å². The van der Waals surface area contributed by atoms with E-state index in [2.05, 4.69) is 81.5 Å². The van der Waals surface area contributed by atoms with Gasteiger partial charge in [0.05, 0.1) is 19.8 Å².